The first-order valence-corrected chi connectivity index (χ1v) is 6.59. The number of halogens is 1. The molecule has 0 aromatic heterocycles. The lowest BCUT2D eigenvalue weighted by Crippen LogP contribution is -2.22. The molecule has 1 fully saturated rings. The fourth-order valence-corrected chi connectivity index (χ4v) is 2.62. The Morgan fingerprint density at radius 1 is 1.41 bits per heavy atom. The Hall–Kier alpha value is -0.660. The first kappa shape index (κ1) is 12.8. The molecule has 2 N–H and O–H groups in total. The summed E-state index contributed by atoms with van der Waals surface area (Å²) in [7, 11) is 0. The first-order valence-electron chi connectivity index (χ1n) is 5.63. The van der Waals surface area contributed by atoms with E-state index in [2.05, 4.69) is 31.1 Å². The quantitative estimate of drug-likeness (QED) is 0.514. The van der Waals surface area contributed by atoms with Gasteiger partial charge in [-0.05, 0) is 5.56 Å². The van der Waals surface area contributed by atoms with Crippen LogP contribution in [-0.2, 0) is 11.4 Å². The van der Waals surface area contributed by atoms with Crippen molar-refractivity contribution in [2.45, 2.75) is 6.61 Å². The van der Waals surface area contributed by atoms with E-state index in [4.69, 9.17) is 10.6 Å². The Bertz CT molecular complexity index is 383. The molecular weight excluding hydrogens is 329 g/mol. The van der Waals surface area contributed by atoms with E-state index in [1.807, 2.05) is 30.3 Å². The Kier molecular flexibility index (Phi) is 4.75. The van der Waals surface area contributed by atoms with Gasteiger partial charge in [-0.3, -0.25) is 0 Å². The molecule has 1 aliphatic rings. The van der Waals surface area contributed by atoms with Crippen molar-refractivity contribution in [1.82, 2.24) is 3.11 Å². The Morgan fingerprint density at radius 2 is 2.18 bits per heavy atom. The summed E-state index contributed by atoms with van der Waals surface area (Å²) in [5.74, 6) is 0.336. The van der Waals surface area contributed by atoms with E-state index >= 15 is 0 Å². The minimum absolute atomic E-state index is 0.336. The maximum Gasteiger partial charge on any atom is 0.142 e. The van der Waals surface area contributed by atoms with Crippen molar-refractivity contribution in [3.8, 4) is 0 Å². The normalized spacial score (nSPS) is 23.2. The van der Waals surface area contributed by atoms with Crippen LogP contribution in [0.15, 0.2) is 35.5 Å². The first-order chi connectivity index (χ1) is 8.29. The maximum absolute atomic E-state index is 5.70. The lowest BCUT2D eigenvalue weighted by molar-refractivity contribution is 0.129. The maximum atomic E-state index is 5.70. The van der Waals surface area contributed by atoms with E-state index in [-0.39, 0.29) is 0 Å². The van der Waals surface area contributed by atoms with E-state index in [1.165, 1.54) is 0 Å². The highest BCUT2D eigenvalue weighted by molar-refractivity contribution is 14.1. The van der Waals surface area contributed by atoms with E-state index in [9.17, 15) is 0 Å². The van der Waals surface area contributed by atoms with Crippen molar-refractivity contribution < 1.29 is 4.84 Å². The molecule has 17 heavy (non-hydrogen) atoms. The average molecular weight is 345 g/mol. The minimum atomic E-state index is 0.336. The summed E-state index contributed by atoms with van der Waals surface area (Å²) in [6.45, 7) is 2.96. The molecule has 1 aromatic rings. The third kappa shape index (κ3) is 3.65. The van der Waals surface area contributed by atoms with Crippen molar-refractivity contribution in [2.24, 2.45) is 16.8 Å². The van der Waals surface area contributed by atoms with Gasteiger partial charge in [0.2, 0.25) is 0 Å². The summed E-state index contributed by atoms with van der Waals surface area (Å²) in [4.78, 5) is 5.39. The molecule has 4 nitrogen and oxygen atoms in total. The number of oxime groups is 1. The number of hydrogen-bond acceptors (Lipinski definition) is 4. The molecule has 2 rings (SSSR count). The molecule has 1 saturated heterocycles. The molecule has 0 radical (unpaired) electrons. The number of nitrogens with two attached hydrogens (primary N) is 1. The van der Waals surface area contributed by atoms with Crippen molar-refractivity contribution in [2.75, 3.05) is 19.6 Å². The molecule has 5 heteroatoms. The zero-order chi connectivity index (χ0) is 12.1. The van der Waals surface area contributed by atoms with Crippen molar-refractivity contribution >= 4 is 28.6 Å². The Balaban J connectivity index is 1.88. The fourth-order valence-electron chi connectivity index (χ4n) is 1.79. The largest absolute Gasteiger partial charge is 0.391 e. The van der Waals surface area contributed by atoms with Gasteiger partial charge in [-0.2, -0.15) is 0 Å². The molecule has 1 atom stereocenters. The summed E-state index contributed by atoms with van der Waals surface area (Å²) in [6, 6.07) is 10.0. The third-order valence-electron chi connectivity index (χ3n) is 2.76. The Morgan fingerprint density at radius 3 is 2.88 bits per heavy atom. The molecule has 92 valence electrons. The third-order valence-corrected chi connectivity index (χ3v) is 3.50. The van der Waals surface area contributed by atoms with Crippen LogP contribution < -0.4 is 5.73 Å². The van der Waals surface area contributed by atoms with Gasteiger partial charge in [-0.15, -0.1) is 0 Å². The van der Waals surface area contributed by atoms with Gasteiger partial charge in [0.1, 0.15) is 6.61 Å². The Labute approximate surface area is 115 Å². The lowest BCUT2D eigenvalue weighted by Gasteiger charge is -2.06. The van der Waals surface area contributed by atoms with Gasteiger partial charge < -0.3 is 10.6 Å². The highest BCUT2D eigenvalue weighted by Crippen LogP contribution is 2.17. The summed E-state index contributed by atoms with van der Waals surface area (Å²) < 4.78 is 2.18. The standard InChI is InChI=1S/C12H16IN3O/c13-16-7-11(6-14)12(8-16)15-17-9-10-4-2-1-3-5-10/h1-5,11H,6-9,14H2/b15-12+. The van der Waals surface area contributed by atoms with Crippen LogP contribution in [0, 0.1) is 5.92 Å². The predicted molar refractivity (Wildman–Crippen MR) is 76.8 cm³/mol. The SMILES string of the molecule is NCC1CN(I)C/C1=N\OCc1ccccc1. The topological polar surface area (TPSA) is 50.8 Å². The van der Waals surface area contributed by atoms with Crippen LogP contribution in [0.5, 0.6) is 0 Å². The number of nitrogens with zero attached hydrogens (tertiary/aromatic N) is 2. The van der Waals surface area contributed by atoms with Gasteiger partial charge in [0.15, 0.2) is 0 Å². The van der Waals surface area contributed by atoms with Crippen LogP contribution in [0.25, 0.3) is 0 Å². The predicted octanol–water partition coefficient (Wildman–Crippen LogP) is 1.80. The van der Waals surface area contributed by atoms with Crippen LogP contribution in [0.4, 0.5) is 0 Å². The summed E-state index contributed by atoms with van der Waals surface area (Å²) in [5, 5.41) is 4.21. The van der Waals surface area contributed by atoms with Crippen molar-refractivity contribution in [1.29, 1.82) is 0 Å². The van der Waals surface area contributed by atoms with E-state index in [0.717, 1.165) is 24.4 Å². The van der Waals surface area contributed by atoms with Crippen LogP contribution in [0.2, 0.25) is 0 Å². The van der Waals surface area contributed by atoms with Crippen LogP contribution >= 0.6 is 22.9 Å². The van der Waals surface area contributed by atoms with Gasteiger partial charge in [0.05, 0.1) is 12.3 Å². The lowest BCUT2D eigenvalue weighted by atomic mass is 10.1. The second-order valence-corrected chi connectivity index (χ2v) is 5.44. The monoisotopic (exact) mass is 345 g/mol. The summed E-state index contributed by atoms with van der Waals surface area (Å²) >= 11 is 2.29. The molecule has 0 spiro atoms. The molecular formula is C12H16IN3O. The smallest absolute Gasteiger partial charge is 0.142 e. The van der Waals surface area contributed by atoms with Gasteiger partial charge in [-0.25, -0.2) is 3.11 Å². The van der Waals surface area contributed by atoms with Gasteiger partial charge in [0, 0.05) is 41.9 Å². The molecule has 1 aliphatic heterocycles. The van der Waals surface area contributed by atoms with E-state index < -0.39 is 0 Å². The van der Waals surface area contributed by atoms with Gasteiger partial charge >= 0.3 is 0 Å². The molecule has 0 bridgehead atoms. The second kappa shape index (κ2) is 6.32. The van der Waals surface area contributed by atoms with E-state index in [1.54, 1.807) is 0 Å². The molecule has 1 aromatic carbocycles. The van der Waals surface area contributed by atoms with Crippen molar-refractivity contribution in [3.63, 3.8) is 0 Å². The number of hydrogen-bond donors (Lipinski definition) is 1. The van der Waals surface area contributed by atoms with Crippen LogP contribution in [-0.4, -0.2) is 28.5 Å². The molecule has 0 saturated carbocycles. The van der Waals surface area contributed by atoms with Crippen molar-refractivity contribution in [3.05, 3.63) is 35.9 Å². The molecule has 1 unspecified atom stereocenters. The zero-order valence-corrected chi connectivity index (χ0v) is 11.7. The van der Waals surface area contributed by atoms with Crippen LogP contribution in [0.1, 0.15) is 5.56 Å². The van der Waals surface area contributed by atoms with Gasteiger partial charge in [0.25, 0.3) is 0 Å². The summed E-state index contributed by atoms with van der Waals surface area (Å²) in [6.07, 6.45) is 0. The second-order valence-electron chi connectivity index (χ2n) is 4.08. The average Bonchev–Trinajstić information content (AvgIpc) is 2.71. The van der Waals surface area contributed by atoms with Gasteiger partial charge in [-0.1, -0.05) is 35.5 Å². The highest BCUT2D eigenvalue weighted by Gasteiger charge is 2.26. The highest BCUT2D eigenvalue weighted by atomic mass is 127. The zero-order valence-electron chi connectivity index (χ0n) is 9.55. The molecule has 0 amide bonds. The van der Waals surface area contributed by atoms with E-state index in [0.29, 0.717) is 19.1 Å². The fraction of sp³-hybridized carbons (Fsp3) is 0.417. The molecule has 1 heterocycles. The minimum Gasteiger partial charge on any atom is -0.391 e. The summed E-state index contributed by atoms with van der Waals surface area (Å²) in [5.41, 5.74) is 7.89. The number of rotatable bonds is 4. The molecule has 0 aliphatic carbocycles. The van der Waals surface area contributed by atoms with Crippen LogP contribution in [0.3, 0.4) is 0 Å². The number of benzene rings is 1.